The Kier molecular flexibility index (Phi) is 4.09. The smallest absolute Gasteiger partial charge is 0.337 e. The summed E-state index contributed by atoms with van der Waals surface area (Å²) in [6.07, 6.45) is 0. The van der Waals surface area contributed by atoms with E-state index in [1.807, 2.05) is 0 Å². The summed E-state index contributed by atoms with van der Waals surface area (Å²) in [6, 6.07) is 7.73. The molecule has 0 atom stereocenters. The van der Waals surface area contributed by atoms with Crippen molar-refractivity contribution in [1.82, 2.24) is 0 Å². The minimum Gasteiger partial charge on any atom is -0.478 e. The molecule has 5 nitrogen and oxygen atoms in total. The lowest BCUT2D eigenvalue weighted by Gasteiger charge is -2.10. The minimum atomic E-state index is -1.23. The first-order valence-electron chi connectivity index (χ1n) is 5.78. The molecule has 0 aliphatic heterocycles. The number of rotatable bonds is 3. The predicted molar refractivity (Wildman–Crippen MR) is 77.2 cm³/mol. The number of nitrogen functional groups attached to an aromatic ring is 1. The molecule has 0 unspecified atom stereocenters. The second-order valence-corrected chi connectivity index (χ2v) is 4.54. The molecular weight excluding hydrogens is 299 g/mol. The number of amides is 1. The van der Waals surface area contributed by atoms with Crippen molar-refractivity contribution in [2.75, 3.05) is 11.1 Å². The Morgan fingerprint density at radius 2 is 1.90 bits per heavy atom. The highest BCUT2D eigenvalue weighted by Crippen LogP contribution is 2.23. The van der Waals surface area contributed by atoms with Crippen LogP contribution in [0.25, 0.3) is 0 Å². The zero-order valence-corrected chi connectivity index (χ0v) is 11.3. The van der Waals surface area contributed by atoms with E-state index in [0.29, 0.717) is 0 Å². The van der Waals surface area contributed by atoms with Crippen molar-refractivity contribution in [1.29, 1.82) is 0 Å². The van der Waals surface area contributed by atoms with Crippen LogP contribution in [0, 0.1) is 5.82 Å². The van der Waals surface area contributed by atoms with Crippen molar-refractivity contribution >= 4 is 34.9 Å². The summed E-state index contributed by atoms with van der Waals surface area (Å²) in [6.45, 7) is 0. The van der Waals surface area contributed by atoms with Gasteiger partial charge in [-0.2, -0.15) is 0 Å². The van der Waals surface area contributed by atoms with Crippen molar-refractivity contribution in [3.05, 3.63) is 58.4 Å². The Morgan fingerprint density at radius 1 is 1.19 bits per heavy atom. The fourth-order valence-electron chi connectivity index (χ4n) is 1.72. The average molecular weight is 309 g/mol. The van der Waals surface area contributed by atoms with E-state index >= 15 is 0 Å². The van der Waals surface area contributed by atoms with E-state index in [-0.39, 0.29) is 27.5 Å². The number of hydrogen-bond acceptors (Lipinski definition) is 3. The molecule has 0 radical (unpaired) electrons. The summed E-state index contributed by atoms with van der Waals surface area (Å²) in [5.74, 6) is -2.70. The summed E-state index contributed by atoms with van der Waals surface area (Å²) in [5, 5.41) is 11.1. The number of anilines is 2. The van der Waals surface area contributed by atoms with Gasteiger partial charge in [-0.05, 0) is 30.3 Å². The number of carbonyl (C=O) groups is 2. The van der Waals surface area contributed by atoms with Gasteiger partial charge in [-0.3, -0.25) is 4.79 Å². The van der Waals surface area contributed by atoms with Gasteiger partial charge in [0.15, 0.2) is 0 Å². The molecule has 2 rings (SSSR count). The van der Waals surface area contributed by atoms with E-state index in [2.05, 4.69) is 5.32 Å². The normalized spacial score (nSPS) is 10.2. The molecule has 0 bridgehead atoms. The zero-order valence-electron chi connectivity index (χ0n) is 10.6. The summed E-state index contributed by atoms with van der Waals surface area (Å²) in [7, 11) is 0. The van der Waals surface area contributed by atoms with Gasteiger partial charge >= 0.3 is 5.97 Å². The maximum atomic E-state index is 13.3. The molecule has 0 fully saturated rings. The van der Waals surface area contributed by atoms with Crippen LogP contribution < -0.4 is 11.1 Å². The Bertz CT molecular complexity index is 734. The SMILES string of the molecule is Nc1ccc(C(=O)O)c(NC(=O)c2cccc(F)c2Cl)c1. The van der Waals surface area contributed by atoms with Crippen LogP contribution in [-0.2, 0) is 0 Å². The van der Waals surface area contributed by atoms with E-state index in [4.69, 9.17) is 22.4 Å². The monoisotopic (exact) mass is 308 g/mol. The van der Waals surface area contributed by atoms with Crippen LogP contribution in [0.2, 0.25) is 5.02 Å². The molecular formula is C14H10ClFN2O3. The number of hydrogen-bond donors (Lipinski definition) is 3. The molecule has 2 aromatic rings. The maximum Gasteiger partial charge on any atom is 0.337 e. The van der Waals surface area contributed by atoms with E-state index in [9.17, 15) is 14.0 Å². The average Bonchev–Trinajstić information content (AvgIpc) is 2.41. The highest BCUT2D eigenvalue weighted by atomic mass is 35.5. The molecule has 0 heterocycles. The second kappa shape index (κ2) is 5.80. The second-order valence-electron chi connectivity index (χ2n) is 4.17. The van der Waals surface area contributed by atoms with Gasteiger partial charge in [0.1, 0.15) is 5.82 Å². The predicted octanol–water partition coefficient (Wildman–Crippen LogP) is 3.01. The molecule has 4 N–H and O–H groups in total. The lowest BCUT2D eigenvalue weighted by Crippen LogP contribution is -2.16. The number of halogens is 2. The first kappa shape index (κ1) is 14.8. The van der Waals surface area contributed by atoms with Crippen LogP contribution in [0.3, 0.4) is 0 Å². The van der Waals surface area contributed by atoms with Gasteiger partial charge in [-0.25, -0.2) is 9.18 Å². The Hall–Kier alpha value is -2.60. The Morgan fingerprint density at radius 3 is 2.57 bits per heavy atom. The van der Waals surface area contributed by atoms with Gasteiger partial charge in [-0.1, -0.05) is 17.7 Å². The van der Waals surface area contributed by atoms with Gasteiger partial charge in [0.2, 0.25) is 0 Å². The van der Waals surface area contributed by atoms with Crippen molar-refractivity contribution < 1.29 is 19.1 Å². The number of aromatic carboxylic acids is 1. The van der Waals surface area contributed by atoms with Gasteiger partial charge in [0.05, 0.1) is 21.8 Å². The first-order chi connectivity index (χ1) is 9.90. The number of carboxylic acids is 1. The third-order valence-electron chi connectivity index (χ3n) is 2.72. The van der Waals surface area contributed by atoms with Crippen LogP contribution >= 0.6 is 11.6 Å². The molecule has 0 saturated carbocycles. The minimum absolute atomic E-state index is 0.00725. The zero-order chi connectivity index (χ0) is 15.6. The number of benzene rings is 2. The molecule has 108 valence electrons. The van der Waals surface area contributed by atoms with E-state index in [0.717, 1.165) is 6.07 Å². The standard InChI is InChI=1S/C14H10ClFN2O3/c15-12-9(2-1-3-10(12)16)13(19)18-11-6-7(17)4-5-8(11)14(20)21/h1-6H,17H2,(H,18,19)(H,20,21). The van der Waals surface area contributed by atoms with Crippen LogP contribution in [0.15, 0.2) is 36.4 Å². The molecule has 1 amide bonds. The number of carboxylic acid groups (broad SMARTS) is 1. The van der Waals surface area contributed by atoms with Crippen LogP contribution in [-0.4, -0.2) is 17.0 Å². The quantitative estimate of drug-likeness (QED) is 0.760. The largest absolute Gasteiger partial charge is 0.478 e. The summed E-state index contributed by atoms with van der Waals surface area (Å²) in [4.78, 5) is 23.2. The van der Waals surface area contributed by atoms with E-state index in [1.165, 1.54) is 30.3 Å². The first-order valence-corrected chi connectivity index (χ1v) is 6.16. The van der Waals surface area contributed by atoms with Crippen LogP contribution in [0.1, 0.15) is 20.7 Å². The molecule has 0 aliphatic rings. The van der Waals surface area contributed by atoms with E-state index in [1.54, 1.807) is 0 Å². The molecule has 21 heavy (non-hydrogen) atoms. The van der Waals surface area contributed by atoms with Gasteiger partial charge in [0, 0.05) is 5.69 Å². The Balaban J connectivity index is 2.38. The number of nitrogens with one attached hydrogen (secondary N) is 1. The highest BCUT2D eigenvalue weighted by molar-refractivity contribution is 6.34. The van der Waals surface area contributed by atoms with Crippen LogP contribution in [0.5, 0.6) is 0 Å². The van der Waals surface area contributed by atoms with Gasteiger partial charge < -0.3 is 16.2 Å². The van der Waals surface area contributed by atoms with Gasteiger partial charge in [0.25, 0.3) is 5.91 Å². The third kappa shape index (κ3) is 3.11. The lowest BCUT2D eigenvalue weighted by molar-refractivity contribution is 0.0698. The molecule has 2 aromatic carbocycles. The number of carbonyl (C=O) groups excluding carboxylic acids is 1. The van der Waals surface area contributed by atoms with Crippen molar-refractivity contribution in [3.8, 4) is 0 Å². The fraction of sp³-hybridized carbons (Fsp3) is 0. The molecule has 7 heteroatoms. The summed E-state index contributed by atoms with van der Waals surface area (Å²) < 4.78 is 13.3. The van der Waals surface area contributed by atoms with Crippen LogP contribution in [0.4, 0.5) is 15.8 Å². The van der Waals surface area contributed by atoms with Crippen molar-refractivity contribution in [2.24, 2.45) is 0 Å². The summed E-state index contributed by atoms with van der Waals surface area (Å²) in [5.41, 5.74) is 5.62. The lowest BCUT2D eigenvalue weighted by atomic mass is 10.1. The van der Waals surface area contributed by atoms with Crippen molar-refractivity contribution in [2.45, 2.75) is 0 Å². The fourth-order valence-corrected chi connectivity index (χ4v) is 1.93. The highest BCUT2D eigenvalue weighted by Gasteiger charge is 2.17. The van der Waals surface area contributed by atoms with E-state index < -0.39 is 17.7 Å². The molecule has 0 aromatic heterocycles. The summed E-state index contributed by atoms with van der Waals surface area (Å²) >= 11 is 5.71. The maximum absolute atomic E-state index is 13.3. The molecule has 0 saturated heterocycles. The topological polar surface area (TPSA) is 92.4 Å². The van der Waals surface area contributed by atoms with Gasteiger partial charge in [-0.15, -0.1) is 0 Å². The third-order valence-corrected chi connectivity index (χ3v) is 3.10. The molecule has 0 spiro atoms. The molecule has 0 aliphatic carbocycles. The number of nitrogens with two attached hydrogens (primary N) is 1. The van der Waals surface area contributed by atoms with Crippen molar-refractivity contribution in [3.63, 3.8) is 0 Å². The Labute approximate surface area is 124 Å².